The minimum atomic E-state index is 0.495. The van der Waals surface area contributed by atoms with Crippen molar-refractivity contribution in [1.82, 2.24) is 14.8 Å². The number of nitrogens with zero attached hydrogens (tertiary/aromatic N) is 3. The fourth-order valence-corrected chi connectivity index (χ4v) is 5.71. The van der Waals surface area contributed by atoms with Crippen LogP contribution in [0.2, 0.25) is 0 Å². The molecule has 0 spiro atoms. The third-order valence-corrected chi connectivity index (χ3v) is 6.29. The summed E-state index contributed by atoms with van der Waals surface area (Å²) in [5.74, 6) is 3.89. The van der Waals surface area contributed by atoms with E-state index < -0.39 is 0 Å². The van der Waals surface area contributed by atoms with Crippen molar-refractivity contribution < 1.29 is 0 Å². The van der Waals surface area contributed by atoms with E-state index in [9.17, 15) is 0 Å². The van der Waals surface area contributed by atoms with Crippen LogP contribution >= 0.6 is 0 Å². The van der Waals surface area contributed by atoms with E-state index in [0.29, 0.717) is 18.0 Å². The lowest BCUT2D eigenvalue weighted by Gasteiger charge is -2.58. The predicted molar refractivity (Wildman–Crippen MR) is 78.1 cm³/mol. The van der Waals surface area contributed by atoms with Gasteiger partial charge in [0.15, 0.2) is 5.82 Å². The Hall–Kier alpha value is -0.900. The number of rotatable bonds is 4. The van der Waals surface area contributed by atoms with Gasteiger partial charge in [0.1, 0.15) is 6.33 Å². The van der Waals surface area contributed by atoms with Crippen LogP contribution in [0.3, 0.4) is 0 Å². The molecule has 0 radical (unpaired) electrons. The van der Waals surface area contributed by atoms with Gasteiger partial charge < -0.3 is 5.73 Å². The lowest BCUT2D eigenvalue weighted by molar-refractivity contribution is -0.0811. The average Bonchev–Trinajstić information content (AvgIpc) is 2.85. The molecule has 4 fully saturated rings. The molecule has 4 saturated carbocycles. The van der Waals surface area contributed by atoms with E-state index in [-0.39, 0.29) is 0 Å². The van der Waals surface area contributed by atoms with Crippen molar-refractivity contribution in [3.63, 3.8) is 0 Å². The summed E-state index contributed by atoms with van der Waals surface area (Å²) in [5, 5.41) is 4.68. The fraction of sp³-hybridized carbons (Fsp3) is 0.875. The Balaban J connectivity index is 1.59. The molecule has 1 aromatic heterocycles. The molecular weight excluding hydrogens is 248 g/mol. The van der Waals surface area contributed by atoms with E-state index in [0.717, 1.165) is 30.0 Å². The van der Waals surface area contributed by atoms with Crippen molar-refractivity contribution in [2.75, 3.05) is 6.54 Å². The molecule has 1 unspecified atom stereocenters. The number of hydrogen-bond acceptors (Lipinski definition) is 3. The van der Waals surface area contributed by atoms with Gasteiger partial charge in [0.25, 0.3) is 0 Å². The van der Waals surface area contributed by atoms with Crippen LogP contribution < -0.4 is 5.73 Å². The van der Waals surface area contributed by atoms with Crippen molar-refractivity contribution in [1.29, 1.82) is 0 Å². The standard InChI is InChI=1S/C16H26N4/c1-11(20-10-18-15(19-20)2-3-17)16-7-12-4-13(8-16)6-14(5-12)9-16/h10-14H,2-9,17H2,1H3. The Morgan fingerprint density at radius 2 is 1.85 bits per heavy atom. The van der Waals surface area contributed by atoms with Crippen LogP contribution in [0.25, 0.3) is 0 Å². The van der Waals surface area contributed by atoms with Crippen molar-refractivity contribution in [3.05, 3.63) is 12.2 Å². The molecule has 0 saturated heterocycles. The number of hydrogen-bond donors (Lipinski definition) is 1. The van der Waals surface area contributed by atoms with Gasteiger partial charge in [-0.2, -0.15) is 5.10 Å². The maximum absolute atomic E-state index is 5.60. The van der Waals surface area contributed by atoms with Crippen LogP contribution in [0.5, 0.6) is 0 Å². The third-order valence-electron chi connectivity index (χ3n) is 6.29. The highest BCUT2D eigenvalue weighted by Crippen LogP contribution is 2.63. The lowest BCUT2D eigenvalue weighted by Crippen LogP contribution is -2.49. The first-order valence-corrected chi connectivity index (χ1v) is 8.28. The van der Waals surface area contributed by atoms with Crippen molar-refractivity contribution in [2.24, 2.45) is 28.9 Å². The van der Waals surface area contributed by atoms with Gasteiger partial charge in [0.2, 0.25) is 0 Å². The van der Waals surface area contributed by atoms with Crippen LogP contribution in [0.15, 0.2) is 6.33 Å². The van der Waals surface area contributed by atoms with E-state index in [1.54, 1.807) is 0 Å². The molecule has 4 aliphatic carbocycles. The van der Waals surface area contributed by atoms with E-state index >= 15 is 0 Å². The zero-order valence-electron chi connectivity index (χ0n) is 12.5. The van der Waals surface area contributed by atoms with E-state index in [1.165, 1.54) is 38.5 Å². The van der Waals surface area contributed by atoms with Crippen LogP contribution in [0.4, 0.5) is 0 Å². The predicted octanol–water partition coefficient (Wildman–Crippen LogP) is 2.56. The maximum atomic E-state index is 5.60. The molecule has 5 rings (SSSR count). The Labute approximate surface area is 121 Å². The summed E-state index contributed by atoms with van der Waals surface area (Å²) in [6, 6.07) is 0.495. The average molecular weight is 274 g/mol. The summed E-state index contributed by atoms with van der Waals surface area (Å²) < 4.78 is 2.14. The van der Waals surface area contributed by atoms with Crippen LogP contribution in [-0.2, 0) is 6.42 Å². The molecule has 0 aromatic carbocycles. The van der Waals surface area contributed by atoms with E-state index in [4.69, 9.17) is 5.73 Å². The summed E-state index contributed by atoms with van der Waals surface area (Å²) in [4.78, 5) is 4.43. The molecule has 20 heavy (non-hydrogen) atoms. The minimum absolute atomic E-state index is 0.495. The van der Waals surface area contributed by atoms with Gasteiger partial charge in [0.05, 0.1) is 6.04 Å². The second kappa shape index (κ2) is 4.55. The summed E-state index contributed by atoms with van der Waals surface area (Å²) in [6.07, 6.45) is 11.5. The van der Waals surface area contributed by atoms with Crippen molar-refractivity contribution in [2.45, 2.75) is 57.9 Å². The quantitative estimate of drug-likeness (QED) is 0.918. The van der Waals surface area contributed by atoms with Crippen molar-refractivity contribution >= 4 is 0 Å². The second-order valence-electron chi connectivity index (χ2n) is 7.64. The van der Waals surface area contributed by atoms with Gasteiger partial charge in [-0.05, 0) is 75.2 Å². The topological polar surface area (TPSA) is 56.7 Å². The zero-order valence-corrected chi connectivity index (χ0v) is 12.5. The molecule has 1 aromatic rings. The van der Waals surface area contributed by atoms with Gasteiger partial charge in [-0.1, -0.05) is 0 Å². The number of nitrogens with two attached hydrogens (primary N) is 1. The maximum Gasteiger partial charge on any atom is 0.151 e. The van der Waals surface area contributed by atoms with Gasteiger partial charge in [-0.25, -0.2) is 9.67 Å². The highest BCUT2D eigenvalue weighted by Gasteiger charge is 2.53. The number of aromatic nitrogens is 3. The Morgan fingerprint density at radius 1 is 1.25 bits per heavy atom. The molecule has 2 N–H and O–H groups in total. The smallest absolute Gasteiger partial charge is 0.151 e. The normalized spacial score (nSPS) is 40.2. The highest BCUT2D eigenvalue weighted by atomic mass is 15.3. The molecule has 4 aliphatic rings. The van der Waals surface area contributed by atoms with Crippen LogP contribution in [0, 0.1) is 23.2 Å². The van der Waals surface area contributed by atoms with Crippen LogP contribution in [0.1, 0.15) is 57.3 Å². The molecular formula is C16H26N4. The Bertz CT molecular complexity index is 457. The van der Waals surface area contributed by atoms with Gasteiger partial charge in [0, 0.05) is 6.42 Å². The Morgan fingerprint density at radius 3 is 2.40 bits per heavy atom. The molecule has 0 amide bonds. The summed E-state index contributed by atoms with van der Waals surface area (Å²) in [5.41, 5.74) is 6.11. The monoisotopic (exact) mass is 274 g/mol. The first kappa shape index (κ1) is 12.8. The van der Waals surface area contributed by atoms with E-state index in [1.807, 2.05) is 6.33 Å². The molecule has 4 bridgehead atoms. The van der Waals surface area contributed by atoms with Gasteiger partial charge in [-0.15, -0.1) is 0 Å². The van der Waals surface area contributed by atoms with Gasteiger partial charge >= 0.3 is 0 Å². The van der Waals surface area contributed by atoms with Crippen molar-refractivity contribution in [3.8, 4) is 0 Å². The SMILES string of the molecule is CC(n1cnc(CCN)n1)C12CC3CC(CC(C3)C1)C2. The minimum Gasteiger partial charge on any atom is -0.330 e. The molecule has 0 aliphatic heterocycles. The third kappa shape index (κ3) is 1.92. The largest absolute Gasteiger partial charge is 0.330 e. The molecule has 4 nitrogen and oxygen atoms in total. The Kier molecular flexibility index (Phi) is 2.92. The molecule has 1 heterocycles. The summed E-state index contributed by atoms with van der Waals surface area (Å²) in [7, 11) is 0. The molecule has 1 atom stereocenters. The van der Waals surface area contributed by atoms with E-state index in [2.05, 4.69) is 21.7 Å². The molecule has 4 heteroatoms. The molecule has 110 valence electrons. The summed E-state index contributed by atoms with van der Waals surface area (Å²) >= 11 is 0. The highest BCUT2D eigenvalue weighted by molar-refractivity contribution is 5.04. The van der Waals surface area contributed by atoms with Crippen LogP contribution in [-0.4, -0.2) is 21.3 Å². The fourth-order valence-electron chi connectivity index (χ4n) is 5.71. The zero-order chi connectivity index (χ0) is 13.7. The first-order chi connectivity index (χ1) is 9.68. The summed E-state index contributed by atoms with van der Waals surface area (Å²) in [6.45, 7) is 3.00. The second-order valence-corrected chi connectivity index (χ2v) is 7.64. The lowest BCUT2D eigenvalue weighted by atomic mass is 9.48. The first-order valence-electron chi connectivity index (χ1n) is 8.28. The van der Waals surface area contributed by atoms with Gasteiger partial charge in [-0.3, -0.25) is 0 Å².